The molecule has 2 atom stereocenters. The van der Waals surface area contributed by atoms with Gasteiger partial charge in [0.25, 0.3) is 0 Å². The Morgan fingerprint density at radius 1 is 1.22 bits per heavy atom. The van der Waals surface area contributed by atoms with Crippen LogP contribution in [0.1, 0.15) is 38.2 Å². The van der Waals surface area contributed by atoms with E-state index in [4.69, 9.17) is 15.2 Å². The predicted octanol–water partition coefficient (Wildman–Crippen LogP) is 2.94. The average molecular weight is 249 g/mol. The van der Waals surface area contributed by atoms with Gasteiger partial charge in [-0.05, 0) is 36.1 Å². The summed E-state index contributed by atoms with van der Waals surface area (Å²) in [6.45, 7) is 6.44. The molecule has 3 nitrogen and oxygen atoms in total. The molecular weight excluding hydrogens is 226 g/mol. The zero-order chi connectivity index (χ0) is 13.0. The molecule has 1 heterocycles. The van der Waals surface area contributed by atoms with Crippen LogP contribution in [0.3, 0.4) is 0 Å². The molecule has 0 fully saturated rings. The fraction of sp³-hybridized carbons (Fsp3) is 0.600. The van der Waals surface area contributed by atoms with Crippen LogP contribution in [-0.4, -0.2) is 19.8 Å². The van der Waals surface area contributed by atoms with Gasteiger partial charge in [0, 0.05) is 0 Å². The van der Waals surface area contributed by atoms with Gasteiger partial charge in [0.1, 0.15) is 13.2 Å². The van der Waals surface area contributed by atoms with Gasteiger partial charge in [-0.25, -0.2) is 0 Å². The molecule has 100 valence electrons. The summed E-state index contributed by atoms with van der Waals surface area (Å²) in [6.07, 6.45) is 2.40. The van der Waals surface area contributed by atoms with Gasteiger partial charge in [-0.15, -0.1) is 0 Å². The Morgan fingerprint density at radius 3 is 2.61 bits per heavy atom. The van der Waals surface area contributed by atoms with E-state index in [1.54, 1.807) is 0 Å². The smallest absolute Gasteiger partial charge is 0.161 e. The Balaban J connectivity index is 2.20. The number of fused-ring (bicyclic) bond motifs is 1. The fourth-order valence-electron chi connectivity index (χ4n) is 2.64. The van der Waals surface area contributed by atoms with Gasteiger partial charge in [0.2, 0.25) is 0 Å². The third-order valence-electron chi connectivity index (χ3n) is 3.68. The van der Waals surface area contributed by atoms with Gasteiger partial charge in [-0.2, -0.15) is 0 Å². The predicted molar refractivity (Wildman–Crippen MR) is 73.3 cm³/mol. The summed E-state index contributed by atoms with van der Waals surface area (Å²) in [5.41, 5.74) is 7.21. The minimum atomic E-state index is 0.403. The van der Waals surface area contributed by atoms with Crippen molar-refractivity contribution in [1.82, 2.24) is 0 Å². The first-order chi connectivity index (χ1) is 8.76. The average Bonchev–Trinajstić information content (AvgIpc) is 2.40. The lowest BCUT2D eigenvalue weighted by atomic mass is 9.84. The van der Waals surface area contributed by atoms with Gasteiger partial charge in [-0.1, -0.05) is 32.8 Å². The van der Waals surface area contributed by atoms with E-state index in [0.29, 0.717) is 31.6 Å². The van der Waals surface area contributed by atoms with E-state index in [1.807, 2.05) is 6.07 Å². The molecule has 2 unspecified atom stereocenters. The van der Waals surface area contributed by atoms with E-state index in [2.05, 4.69) is 26.0 Å². The van der Waals surface area contributed by atoms with Crippen molar-refractivity contribution in [3.63, 3.8) is 0 Å². The molecule has 0 radical (unpaired) electrons. The SMILES string of the molecule is CCCC(C)C(CN)c1ccc2c(c1)OCCO2. The highest BCUT2D eigenvalue weighted by molar-refractivity contribution is 5.45. The van der Waals surface area contributed by atoms with Crippen LogP contribution in [0.25, 0.3) is 0 Å². The lowest BCUT2D eigenvalue weighted by Crippen LogP contribution is -2.21. The standard InChI is InChI=1S/C15H23NO2/c1-3-4-11(2)13(10-16)12-5-6-14-15(9-12)18-8-7-17-14/h5-6,9,11,13H,3-4,7-8,10,16H2,1-2H3. The first-order valence-electron chi connectivity index (χ1n) is 6.85. The van der Waals surface area contributed by atoms with Crippen LogP contribution in [0.2, 0.25) is 0 Å². The molecule has 2 rings (SSSR count). The van der Waals surface area contributed by atoms with Gasteiger partial charge in [0.05, 0.1) is 0 Å². The van der Waals surface area contributed by atoms with Crippen molar-refractivity contribution in [3.8, 4) is 11.5 Å². The first-order valence-corrected chi connectivity index (χ1v) is 6.85. The number of rotatable bonds is 5. The van der Waals surface area contributed by atoms with Crippen molar-refractivity contribution < 1.29 is 9.47 Å². The van der Waals surface area contributed by atoms with Gasteiger partial charge >= 0.3 is 0 Å². The van der Waals surface area contributed by atoms with Gasteiger partial charge in [-0.3, -0.25) is 0 Å². The van der Waals surface area contributed by atoms with Crippen molar-refractivity contribution in [2.75, 3.05) is 19.8 Å². The maximum Gasteiger partial charge on any atom is 0.161 e. The summed E-state index contributed by atoms with van der Waals surface area (Å²) in [7, 11) is 0. The third kappa shape index (κ3) is 2.78. The third-order valence-corrected chi connectivity index (χ3v) is 3.68. The first kappa shape index (κ1) is 13.2. The summed E-state index contributed by atoms with van der Waals surface area (Å²) in [5, 5.41) is 0. The monoisotopic (exact) mass is 249 g/mol. The molecule has 1 aliphatic heterocycles. The number of hydrogen-bond donors (Lipinski definition) is 1. The van der Waals surface area contributed by atoms with Crippen LogP contribution in [0.5, 0.6) is 11.5 Å². The minimum absolute atomic E-state index is 0.403. The second kappa shape index (κ2) is 6.10. The van der Waals surface area contributed by atoms with E-state index in [-0.39, 0.29) is 0 Å². The van der Waals surface area contributed by atoms with Crippen molar-refractivity contribution in [1.29, 1.82) is 0 Å². The zero-order valence-corrected chi connectivity index (χ0v) is 11.3. The normalized spacial score (nSPS) is 17.3. The molecule has 18 heavy (non-hydrogen) atoms. The second-order valence-electron chi connectivity index (χ2n) is 5.01. The highest BCUT2D eigenvalue weighted by Gasteiger charge is 2.20. The molecule has 0 aromatic heterocycles. The Kier molecular flexibility index (Phi) is 4.48. The van der Waals surface area contributed by atoms with Crippen LogP contribution < -0.4 is 15.2 Å². The summed E-state index contributed by atoms with van der Waals surface area (Å²) >= 11 is 0. The Morgan fingerprint density at radius 2 is 1.94 bits per heavy atom. The summed E-state index contributed by atoms with van der Waals surface area (Å²) in [5.74, 6) is 2.72. The van der Waals surface area contributed by atoms with E-state index in [1.165, 1.54) is 18.4 Å². The number of benzene rings is 1. The molecule has 1 aliphatic rings. The molecule has 0 saturated heterocycles. The van der Waals surface area contributed by atoms with Crippen LogP contribution in [0, 0.1) is 5.92 Å². The molecular formula is C15H23NO2. The molecule has 0 saturated carbocycles. The van der Waals surface area contributed by atoms with E-state index in [0.717, 1.165) is 11.5 Å². The largest absolute Gasteiger partial charge is 0.486 e. The number of ether oxygens (including phenoxy) is 2. The van der Waals surface area contributed by atoms with Crippen LogP contribution in [0.15, 0.2) is 18.2 Å². The molecule has 3 heteroatoms. The molecule has 1 aromatic rings. The highest BCUT2D eigenvalue weighted by Crippen LogP contribution is 2.35. The van der Waals surface area contributed by atoms with Crippen molar-refractivity contribution in [3.05, 3.63) is 23.8 Å². The molecule has 0 amide bonds. The number of nitrogens with two attached hydrogens (primary N) is 1. The van der Waals surface area contributed by atoms with Crippen LogP contribution in [0.4, 0.5) is 0 Å². The highest BCUT2D eigenvalue weighted by atomic mass is 16.6. The topological polar surface area (TPSA) is 44.5 Å². The van der Waals surface area contributed by atoms with Crippen molar-refractivity contribution in [2.45, 2.75) is 32.6 Å². The lowest BCUT2D eigenvalue weighted by Gasteiger charge is -2.25. The maximum absolute atomic E-state index is 5.94. The van der Waals surface area contributed by atoms with Crippen LogP contribution >= 0.6 is 0 Å². The van der Waals surface area contributed by atoms with Gasteiger partial charge in [0.15, 0.2) is 11.5 Å². The Hall–Kier alpha value is -1.22. The molecule has 0 bridgehead atoms. The summed E-state index contributed by atoms with van der Waals surface area (Å²) in [4.78, 5) is 0. The van der Waals surface area contributed by atoms with E-state index >= 15 is 0 Å². The van der Waals surface area contributed by atoms with Crippen molar-refractivity contribution >= 4 is 0 Å². The number of hydrogen-bond acceptors (Lipinski definition) is 3. The zero-order valence-electron chi connectivity index (χ0n) is 11.3. The second-order valence-corrected chi connectivity index (χ2v) is 5.01. The lowest BCUT2D eigenvalue weighted by molar-refractivity contribution is 0.171. The maximum atomic E-state index is 5.94. The molecule has 2 N–H and O–H groups in total. The Labute approximate surface area is 109 Å². The van der Waals surface area contributed by atoms with Crippen molar-refractivity contribution in [2.24, 2.45) is 11.7 Å². The summed E-state index contributed by atoms with van der Waals surface area (Å²) in [6, 6.07) is 6.22. The molecule has 0 spiro atoms. The fourth-order valence-corrected chi connectivity index (χ4v) is 2.64. The quantitative estimate of drug-likeness (QED) is 0.872. The van der Waals surface area contributed by atoms with Gasteiger partial charge < -0.3 is 15.2 Å². The minimum Gasteiger partial charge on any atom is -0.486 e. The summed E-state index contributed by atoms with van der Waals surface area (Å²) < 4.78 is 11.2. The van der Waals surface area contributed by atoms with E-state index < -0.39 is 0 Å². The Bertz CT molecular complexity index is 392. The molecule has 1 aromatic carbocycles. The van der Waals surface area contributed by atoms with E-state index in [9.17, 15) is 0 Å². The van der Waals surface area contributed by atoms with Crippen LogP contribution in [-0.2, 0) is 0 Å². The molecule has 0 aliphatic carbocycles.